The molecule has 0 aromatic carbocycles. The highest BCUT2D eigenvalue weighted by Crippen LogP contribution is 1.86. The van der Waals surface area contributed by atoms with Crippen LogP contribution in [0.3, 0.4) is 0 Å². The zero-order valence-electron chi connectivity index (χ0n) is 7.90. The Morgan fingerprint density at radius 3 is 2.38 bits per heavy atom. The molecule has 0 aliphatic rings. The summed E-state index contributed by atoms with van der Waals surface area (Å²) in [5.74, 6) is -0.420. The van der Waals surface area contributed by atoms with Gasteiger partial charge < -0.3 is 14.4 Å². The van der Waals surface area contributed by atoms with Crippen LogP contribution in [0.4, 0.5) is 0 Å². The number of halogens is 1. The van der Waals surface area contributed by atoms with Crippen LogP contribution < -0.4 is 0 Å². The highest BCUT2D eigenvalue weighted by molar-refractivity contribution is 7.80. The van der Waals surface area contributed by atoms with Crippen LogP contribution in [0.2, 0.25) is 0 Å². The number of rotatable bonds is 4. The van der Waals surface area contributed by atoms with Crippen molar-refractivity contribution in [3.63, 3.8) is 0 Å². The van der Waals surface area contributed by atoms with E-state index in [9.17, 15) is 4.79 Å². The van der Waals surface area contributed by atoms with Gasteiger partial charge >= 0.3 is 5.97 Å². The Bertz CT molecular complexity index is 175. The molecular weight excluding hydrogens is 214 g/mol. The quantitative estimate of drug-likeness (QED) is 0.516. The van der Waals surface area contributed by atoms with Gasteiger partial charge in [0, 0.05) is 0 Å². The normalized spacial score (nSPS) is 8.92. The molecule has 0 aliphatic heterocycles. The number of nitrogens with zero attached hydrogens (tertiary/aromatic N) is 1. The SMILES string of the molecule is COC(=O)COC(=S)CN(C)C.Cl. The lowest BCUT2D eigenvalue weighted by molar-refractivity contribution is -0.143. The van der Waals surface area contributed by atoms with E-state index in [-0.39, 0.29) is 19.0 Å². The van der Waals surface area contributed by atoms with Gasteiger partial charge in [-0.05, 0) is 26.3 Å². The van der Waals surface area contributed by atoms with Gasteiger partial charge in [0.05, 0.1) is 13.7 Å². The summed E-state index contributed by atoms with van der Waals surface area (Å²) in [5, 5.41) is 0.394. The molecule has 13 heavy (non-hydrogen) atoms. The van der Waals surface area contributed by atoms with E-state index in [0.29, 0.717) is 11.6 Å². The van der Waals surface area contributed by atoms with Crippen LogP contribution in [0, 0.1) is 0 Å². The minimum atomic E-state index is -0.420. The third kappa shape index (κ3) is 9.52. The third-order valence-corrected chi connectivity index (χ3v) is 1.27. The molecule has 0 fully saturated rings. The molecule has 6 heteroatoms. The Balaban J connectivity index is 0. The standard InChI is InChI=1S/C7H13NO3S.ClH/c1-8(2)4-7(12)11-5-6(9)10-3;/h4-5H2,1-3H3;1H. The molecule has 0 bridgehead atoms. The number of hydrogen-bond acceptors (Lipinski definition) is 5. The Hall–Kier alpha value is -0.390. The van der Waals surface area contributed by atoms with Crippen molar-refractivity contribution in [3.8, 4) is 0 Å². The lowest BCUT2D eigenvalue weighted by Crippen LogP contribution is -2.24. The summed E-state index contributed by atoms with van der Waals surface area (Å²) < 4.78 is 9.29. The fourth-order valence-electron chi connectivity index (χ4n) is 0.502. The average molecular weight is 228 g/mol. The molecule has 0 saturated heterocycles. The Labute approximate surface area is 89.6 Å². The van der Waals surface area contributed by atoms with Crippen LogP contribution in [0.25, 0.3) is 0 Å². The first-order chi connectivity index (χ1) is 5.56. The van der Waals surface area contributed by atoms with Crippen LogP contribution in [0.15, 0.2) is 0 Å². The molecule has 0 heterocycles. The van der Waals surface area contributed by atoms with Crippen molar-refractivity contribution in [3.05, 3.63) is 0 Å². The molecule has 0 aliphatic carbocycles. The van der Waals surface area contributed by atoms with Crippen molar-refractivity contribution < 1.29 is 14.3 Å². The summed E-state index contributed by atoms with van der Waals surface area (Å²) in [4.78, 5) is 12.4. The van der Waals surface area contributed by atoms with Crippen LogP contribution in [-0.4, -0.2) is 50.3 Å². The Kier molecular flexibility index (Phi) is 9.55. The van der Waals surface area contributed by atoms with E-state index in [0.717, 1.165) is 0 Å². The van der Waals surface area contributed by atoms with E-state index in [4.69, 9.17) is 17.0 Å². The fraction of sp³-hybridized carbons (Fsp3) is 0.714. The first-order valence-corrected chi connectivity index (χ1v) is 3.84. The maximum atomic E-state index is 10.6. The van der Waals surface area contributed by atoms with E-state index < -0.39 is 5.97 Å². The van der Waals surface area contributed by atoms with Crippen LogP contribution in [-0.2, 0) is 14.3 Å². The Morgan fingerprint density at radius 2 is 2.00 bits per heavy atom. The average Bonchev–Trinajstić information content (AvgIpc) is 1.99. The molecule has 0 amide bonds. The number of carbonyl (C=O) groups is 1. The van der Waals surface area contributed by atoms with Gasteiger partial charge in [-0.15, -0.1) is 12.4 Å². The number of esters is 1. The summed E-state index contributed by atoms with van der Waals surface area (Å²) >= 11 is 4.82. The van der Waals surface area contributed by atoms with Crippen molar-refractivity contribution in [2.75, 3.05) is 34.4 Å². The summed E-state index contributed by atoms with van der Waals surface area (Å²) in [6.45, 7) is 0.426. The smallest absolute Gasteiger partial charge is 0.343 e. The molecule has 0 radical (unpaired) electrons. The highest BCUT2D eigenvalue weighted by Gasteiger charge is 2.04. The molecule has 4 nitrogen and oxygen atoms in total. The maximum Gasteiger partial charge on any atom is 0.343 e. The molecule has 0 aromatic heterocycles. The second kappa shape index (κ2) is 8.22. The molecule has 78 valence electrons. The van der Waals surface area contributed by atoms with Crippen molar-refractivity contribution in [1.29, 1.82) is 0 Å². The van der Waals surface area contributed by atoms with Crippen LogP contribution >= 0.6 is 24.6 Å². The van der Waals surface area contributed by atoms with E-state index in [1.165, 1.54) is 7.11 Å². The lowest BCUT2D eigenvalue weighted by Gasteiger charge is -2.10. The van der Waals surface area contributed by atoms with E-state index in [2.05, 4.69) is 4.74 Å². The van der Waals surface area contributed by atoms with Gasteiger partial charge in [0.2, 0.25) is 0 Å². The van der Waals surface area contributed by atoms with Crippen LogP contribution in [0.1, 0.15) is 0 Å². The molecular formula is C7H14ClNO3S. The number of methoxy groups -OCH3 is 1. The minimum absolute atomic E-state index is 0. The van der Waals surface area contributed by atoms with Crippen molar-refractivity contribution >= 4 is 35.6 Å². The molecule has 0 atom stereocenters. The molecule has 0 spiro atoms. The van der Waals surface area contributed by atoms with Gasteiger partial charge in [-0.25, -0.2) is 4.79 Å². The zero-order valence-corrected chi connectivity index (χ0v) is 9.54. The molecule has 0 unspecified atom stereocenters. The summed E-state index contributed by atoms with van der Waals surface area (Å²) in [7, 11) is 5.04. The summed E-state index contributed by atoms with van der Waals surface area (Å²) in [6, 6.07) is 0. The first kappa shape index (κ1) is 15.1. The largest absolute Gasteiger partial charge is 0.474 e. The second-order valence-corrected chi connectivity index (χ2v) is 2.93. The molecule has 0 saturated carbocycles. The van der Waals surface area contributed by atoms with Gasteiger partial charge in [-0.3, -0.25) is 0 Å². The molecule has 0 N–H and O–H groups in total. The Morgan fingerprint density at radius 1 is 1.46 bits per heavy atom. The van der Waals surface area contributed by atoms with Crippen molar-refractivity contribution in [1.82, 2.24) is 4.90 Å². The van der Waals surface area contributed by atoms with Gasteiger partial charge in [0.25, 0.3) is 0 Å². The van der Waals surface area contributed by atoms with Gasteiger partial charge in [-0.1, -0.05) is 0 Å². The number of carbonyl (C=O) groups excluding carboxylic acids is 1. The third-order valence-electron chi connectivity index (χ3n) is 1.02. The van der Waals surface area contributed by atoms with Gasteiger partial charge in [-0.2, -0.15) is 0 Å². The monoisotopic (exact) mass is 227 g/mol. The summed E-state index contributed by atoms with van der Waals surface area (Å²) in [5.41, 5.74) is 0. The van der Waals surface area contributed by atoms with E-state index in [1.54, 1.807) is 0 Å². The highest BCUT2D eigenvalue weighted by atomic mass is 35.5. The molecule has 0 rings (SSSR count). The predicted molar refractivity (Wildman–Crippen MR) is 56.4 cm³/mol. The van der Waals surface area contributed by atoms with Crippen LogP contribution in [0.5, 0.6) is 0 Å². The zero-order chi connectivity index (χ0) is 9.56. The topological polar surface area (TPSA) is 38.8 Å². The molecule has 0 aromatic rings. The number of hydrogen-bond donors (Lipinski definition) is 0. The predicted octanol–water partition coefficient (Wildman–Crippen LogP) is 0.487. The van der Waals surface area contributed by atoms with E-state index >= 15 is 0 Å². The van der Waals surface area contributed by atoms with Crippen molar-refractivity contribution in [2.45, 2.75) is 0 Å². The van der Waals surface area contributed by atoms with Gasteiger partial charge in [0.15, 0.2) is 11.7 Å². The summed E-state index contributed by atoms with van der Waals surface area (Å²) in [6.07, 6.45) is 0. The minimum Gasteiger partial charge on any atom is -0.474 e. The fourth-order valence-corrected chi connectivity index (χ4v) is 0.819. The van der Waals surface area contributed by atoms with E-state index in [1.807, 2.05) is 19.0 Å². The number of likely N-dealkylation sites (N-methyl/N-ethyl adjacent to an activating group) is 1. The van der Waals surface area contributed by atoms with Gasteiger partial charge in [0.1, 0.15) is 0 Å². The number of thiocarbonyl (C=S) groups is 1. The van der Waals surface area contributed by atoms with Crippen molar-refractivity contribution in [2.24, 2.45) is 0 Å². The number of ether oxygens (including phenoxy) is 2. The lowest BCUT2D eigenvalue weighted by atomic mass is 10.6. The first-order valence-electron chi connectivity index (χ1n) is 3.43. The second-order valence-electron chi connectivity index (χ2n) is 2.47. The maximum absolute atomic E-state index is 10.6.